The van der Waals surface area contributed by atoms with Gasteiger partial charge in [0.25, 0.3) is 0 Å². The molecule has 0 bridgehead atoms. The van der Waals surface area contributed by atoms with Crippen molar-refractivity contribution in [3.63, 3.8) is 0 Å². The first-order chi connectivity index (χ1) is 11.7. The highest BCUT2D eigenvalue weighted by Crippen LogP contribution is 2.32. The van der Waals surface area contributed by atoms with E-state index in [0.717, 1.165) is 10.7 Å². The number of carbonyl (C=O) groups is 1. The summed E-state index contributed by atoms with van der Waals surface area (Å²) in [6.45, 7) is 0.551. The minimum absolute atomic E-state index is 0.00354. The van der Waals surface area contributed by atoms with Crippen LogP contribution in [0.1, 0.15) is 5.56 Å². The lowest BCUT2D eigenvalue weighted by atomic mass is 10.1. The third-order valence-corrected chi connectivity index (χ3v) is 7.25. The van der Waals surface area contributed by atoms with E-state index >= 15 is 0 Å². The van der Waals surface area contributed by atoms with Crippen LogP contribution in [-0.4, -0.2) is 72.7 Å². The van der Waals surface area contributed by atoms with Crippen molar-refractivity contribution in [3.05, 3.63) is 34.9 Å². The summed E-state index contributed by atoms with van der Waals surface area (Å²) in [7, 11) is 0.369. The lowest BCUT2D eigenvalue weighted by Crippen LogP contribution is -2.38. The Labute approximate surface area is 157 Å². The number of hydrogen-bond acceptors (Lipinski definition) is 6. The molecule has 2 unspecified atom stereocenters. The van der Waals surface area contributed by atoms with E-state index in [0.29, 0.717) is 11.6 Å². The average molecular weight is 402 g/mol. The molecule has 1 aromatic rings. The molecule has 1 aromatic carbocycles. The van der Waals surface area contributed by atoms with E-state index < -0.39 is 9.84 Å². The highest BCUT2D eigenvalue weighted by molar-refractivity contribution is 8.14. The summed E-state index contributed by atoms with van der Waals surface area (Å²) in [5.74, 6) is 0.486. The Morgan fingerprint density at radius 1 is 1.32 bits per heavy atom. The zero-order chi connectivity index (χ0) is 18.2. The topological polar surface area (TPSA) is 70.0 Å². The Morgan fingerprint density at radius 2 is 2.00 bits per heavy atom. The Balaban J connectivity index is 1.78. The van der Waals surface area contributed by atoms with E-state index in [9.17, 15) is 13.2 Å². The Morgan fingerprint density at radius 3 is 2.64 bits per heavy atom. The zero-order valence-corrected chi connectivity index (χ0v) is 16.4. The molecule has 0 aromatic heterocycles. The second kappa shape index (κ2) is 7.17. The summed E-state index contributed by atoms with van der Waals surface area (Å²) in [6, 6.07) is 7.08. The van der Waals surface area contributed by atoms with Crippen molar-refractivity contribution < 1.29 is 13.2 Å². The van der Waals surface area contributed by atoms with Gasteiger partial charge in [-0.25, -0.2) is 8.42 Å². The number of hydrogen-bond donors (Lipinski definition) is 0. The maximum Gasteiger partial charge on any atom is 0.232 e. The highest BCUT2D eigenvalue weighted by Gasteiger charge is 2.46. The third-order valence-electron chi connectivity index (χ3n) is 4.31. The first kappa shape index (κ1) is 18.5. The molecule has 3 rings (SSSR count). The van der Waals surface area contributed by atoms with Gasteiger partial charge in [0.2, 0.25) is 5.91 Å². The van der Waals surface area contributed by atoms with E-state index in [4.69, 9.17) is 11.6 Å². The minimum atomic E-state index is -3.06. The molecular formula is C16H20ClN3O3S2. The summed E-state index contributed by atoms with van der Waals surface area (Å²) in [4.78, 5) is 20.0. The van der Waals surface area contributed by atoms with Gasteiger partial charge in [-0.05, 0) is 17.7 Å². The van der Waals surface area contributed by atoms with Crippen LogP contribution in [0.4, 0.5) is 0 Å². The molecule has 0 spiro atoms. The van der Waals surface area contributed by atoms with Gasteiger partial charge < -0.3 is 9.80 Å². The molecule has 0 N–H and O–H groups in total. The maximum atomic E-state index is 12.0. The molecule has 136 valence electrons. The second-order valence-electron chi connectivity index (χ2n) is 6.45. The predicted molar refractivity (Wildman–Crippen MR) is 102 cm³/mol. The van der Waals surface area contributed by atoms with Crippen LogP contribution in [0.5, 0.6) is 0 Å². The van der Waals surface area contributed by atoms with Gasteiger partial charge in [0.1, 0.15) is 0 Å². The number of rotatable bonds is 4. The smallest absolute Gasteiger partial charge is 0.232 e. The van der Waals surface area contributed by atoms with Gasteiger partial charge >= 0.3 is 0 Å². The number of amidine groups is 1. The molecule has 2 aliphatic rings. The fraction of sp³-hybridized carbons (Fsp3) is 0.500. The van der Waals surface area contributed by atoms with Gasteiger partial charge in [-0.3, -0.25) is 9.79 Å². The van der Waals surface area contributed by atoms with Gasteiger partial charge in [0.15, 0.2) is 15.0 Å². The summed E-state index contributed by atoms with van der Waals surface area (Å²) >= 11 is 7.31. The molecule has 1 saturated heterocycles. The van der Waals surface area contributed by atoms with Gasteiger partial charge in [-0.1, -0.05) is 35.5 Å². The quantitative estimate of drug-likeness (QED) is 0.764. The summed E-state index contributed by atoms with van der Waals surface area (Å²) in [5.41, 5.74) is 1.03. The van der Waals surface area contributed by atoms with Gasteiger partial charge in [0, 0.05) is 25.7 Å². The molecule has 2 heterocycles. The van der Waals surface area contributed by atoms with Crippen LogP contribution in [0.25, 0.3) is 0 Å². The zero-order valence-electron chi connectivity index (χ0n) is 14.1. The monoisotopic (exact) mass is 401 g/mol. The Hall–Kier alpha value is -1.25. The Kier molecular flexibility index (Phi) is 5.31. The van der Waals surface area contributed by atoms with E-state index in [1.54, 1.807) is 14.1 Å². The van der Waals surface area contributed by atoms with Crippen LogP contribution >= 0.6 is 23.4 Å². The molecule has 0 aliphatic carbocycles. The van der Waals surface area contributed by atoms with Gasteiger partial charge in [0.05, 0.1) is 29.3 Å². The first-order valence-electron chi connectivity index (χ1n) is 7.87. The van der Waals surface area contributed by atoms with Gasteiger partial charge in [-0.2, -0.15) is 0 Å². The van der Waals surface area contributed by atoms with E-state index in [1.807, 2.05) is 29.2 Å². The van der Waals surface area contributed by atoms with Crippen LogP contribution < -0.4 is 0 Å². The van der Waals surface area contributed by atoms with Crippen molar-refractivity contribution in [1.29, 1.82) is 0 Å². The van der Waals surface area contributed by atoms with Crippen LogP contribution in [-0.2, 0) is 21.2 Å². The van der Waals surface area contributed by atoms with Crippen molar-refractivity contribution in [2.24, 2.45) is 4.99 Å². The molecule has 6 nitrogen and oxygen atoms in total. The molecule has 9 heteroatoms. The van der Waals surface area contributed by atoms with Crippen LogP contribution in [0.3, 0.4) is 0 Å². The second-order valence-corrected chi connectivity index (χ2v) is 9.99. The molecule has 0 saturated carbocycles. The number of amides is 1. The lowest BCUT2D eigenvalue weighted by molar-refractivity contribution is -0.125. The molecule has 1 amide bonds. The summed E-state index contributed by atoms with van der Waals surface area (Å²) in [5, 5.41) is 1.40. The SMILES string of the molecule is CN(C)C(=O)CSC1=NC2CS(=O)(=O)CC2N1Cc1ccc(Cl)cc1. The lowest BCUT2D eigenvalue weighted by Gasteiger charge is -2.26. The van der Waals surface area contributed by atoms with E-state index in [1.165, 1.54) is 16.7 Å². The largest absolute Gasteiger partial charge is 0.348 e. The molecule has 2 atom stereocenters. The summed E-state index contributed by atoms with van der Waals surface area (Å²) in [6.07, 6.45) is 0. The number of halogens is 1. The number of carbonyl (C=O) groups excluding carboxylic acids is 1. The number of sulfone groups is 1. The van der Waals surface area contributed by atoms with Crippen molar-refractivity contribution >= 4 is 44.3 Å². The average Bonchev–Trinajstić information content (AvgIpc) is 2.99. The normalized spacial score (nSPS) is 24.1. The Bertz CT molecular complexity index is 793. The predicted octanol–water partition coefficient (Wildman–Crippen LogP) is 1.50. The molecular weight excluding hydrogens is 382 g/mol. The number of fused-ring (bicyclic) bond motifs is 1. The van der Waals surface area contributed by atoms with Crippen LogP contribution in [0.15, 0.2) is 29.3 Å². The fourth-order valence-electron chi connectivity index (χ4n) is 2.94. The number of aliphatic imine (C=N–C) groups is 1. The highest BCUT2D eigenvalue weighted by atomic mass is 35.5. The number of nitrogens with zero attached hydrogens (tertiary/aromatic N) is 3. The molecule has 25 heavy (non-hydrogen) atoms. The van der Waals surface area contributed by atoms with Crippen LogP contribution in [0, 0.1) is 0 Å². The van der Waals surface area contributed by atoms with Crippen molar-refractivity contribution in [2.75, 3.05) is 31.4 Å². The van der Waals surface area contributed by atoms with E-state index in [2.05, 4.69) is 4.99 Å². The van der Waals surface area contributed by atoms with Crippen molar-refractivity contribution in [1.82, 2.24) is 9.80 Å². The maximum absolute atomic E-state index is 12.0. The van der Waals surface area contributed by atoms with Gasteiger partial charge in [-0.15, -0.1) is 0 Å². The van der Waals surface area contributed by atoms with E-state index in [-0.39, 0.29) is 35.2 Å². The third kappa shape index (κ3) is 4.30. The molecule has 0 radical (unpaired) electrons. The number of benzene rings is 1. The number of thioether (sulfide) groups is 1. The van der Waals surface area contributed by atoms with Crippen LogP contribution in [0.2, 0.25) is 5.02 Å². The van der Waals surface area contributed by atoms with Crippen molar-refractivity contribution in [2.45, 2.75) is 18.6 Å². The standard InChI is InChI=1S/C16H20ClN3O3S2/c1-19(2)15(21)8-24-16-18-13-9-25(22,23)10-14(13)20(16)7-11-3-5-12(17)6-4-11/h3-6,13-14H,7-10H2,1-2H3. The summed E-state index contributed by atoms with van der Waals surface area (Å²) < 4.78 is 23.9. The fourth-order valence-corrected chi connectivity index (χ4v) is 6.02. The minimum Gasteiger partial charge on any atom is -0.348 e. The van der Waals surface area contributed by atoms with Crippen molar-refractivity contribution in [3.8, 4) is 0 Å². The molecule has 1 fully saturated rings. The first-order valence-corrected chi connectivity index (χ1v) is 11.1. The molecule has 2 aliphatic heterocycles.